The maximum absolute atomic E-state index is 13.7. The molecule has 7 nitrogen and oxygen atoms in total. The molecule has 1 aliphatic heterocycles. The Kier molecular flexibility index (Phi) is 5.93. The lowest BCUT2D eigenvalue weighted by Gasteiger charge is -2.31. The zero-order valence-electron chi connectivity index (χ0n) is 17.7. The highest BCUT2D eigenvalue weighted by atomic mass is 32.2. The fourth-order valence-corrected chi connectivity index (χ4v) is 5.69. The zero-order valence-corrected chi connectivity index (χ0v) is 18.5. The maximum atomic E-state index is 13.7. The van der Waals surface area contributed by atoms with Gasteiger partial charge in [0.15, 0.2) is 0 Å². The van der Waals surface area contributed by atoms with Gasteiger partial charge >= 0.3 is 0 Å². The molecule has 32 heavy (non-hydrogen) atoms. The Hall–Kier alpha value is -2.96. The SMILES string of the molecule is COc1ccc(F)cc1S(=O)(=O)N1CCC(C(=O)Nc2ccc(C3(C#N)CC3)cc2)CC1. The van der Waals surface area contributed by atoms with Gasteiger partial charge in [0.2, 0.25) is 15.9 Å². The van der Waals surface area contributed by atoms with Crippen LogP contribution in [0.5, 0.6) is 5.75 Å². The standard InChI is InChI=1S/C23H24FN3O4S/c1-31-20-7-4-18(24)14-21(20)32(29,30)27-12-8-16(9-13-27)22(28)26-19-5-2-17(3-6-19)23(15-25)10-11-23/h2-7,14,16H,8-13H2,1H3,(H,26,28). The monoisotopic (exact) mass is 457 g/mol. The predicted molar refractivity (Wildman–Crippen MR) is 116 cm³/mol. The molecule has 1 amide bonds. The molecule has 0 radical (unpaired) electrons. The van der Waals surface area contributed by atoms with Crippen molar-refractivity contribution < 1.29 is 22.3 Å². The number of methoxy groups -OCH3 is 1. The molecule has 1 aliphatic carbocycles. The average Bonchev–Trinajstić information content (AvgIpc) is 3.61. The molecule has 0 aromatic heterocycles. The number of halogens is 1. The lowest BCUT2D eigenvalue weighted by atomic mass is 9.96. The lowest BCUT2D eigenvalue weighted by molar-refractivity contribution is -0.120. The van der Waals surface area contributed by atoms with Crippen molar-refractivity contribution in [3.63, 3.8) is 0 Å². The van der Waals surface area contributed by atoms with Gasteiger partial charge in [0.1, 0.15) is 16.5 Å². The van der Waals surface area contributed by atoms with Crippen LogP contribution in [0.3, 0.4) is 0 Å². The number of carbonyl (C=O) groups excluding carboxylic acids is 1. The van der Waals surface area contributed by atoms with E-state index in [1.54, 1.807) is 12.1 Å². The summed E-state index contributed by atoms with van der Waals surface area (Å²) in [6.45, 7) is 0.313. The van der Waals surface area contributed by atoms with E-state index in [0.717, 1.165) is 30.5 Å². The number of nitrogens with zero attached hydrogens (tertiary/aromatic N) is 2. The molecule has 1 heterocycles. The Bertz CT molecular complexity index is 1160. The number of hydrogen-bond donors (Lipinski definition) is 1. The summed E-state index contributed by atoms with van der Waals surface area (Å²) in [6, 6.07) is 13.1. The minimum absolute atomic E-state index is 0.0825. The van der Waals surface area contributed by atoms with Crippen LogP contribution in [0, 0.1) is 23.1 Å². The minimum Gasteiger partial charge on any atom is -0.495 e. The Morgan fingerprint density at radius 1 is 1.19 bits per heavy atom. The molecule has 1 saturated carbocycles. The number of nitrogens with one attached hydrogen (secondary N) is 1. The number of benzene rings is 2. The van der Waals surface area contributed by atoms with Gasteiger partial charge in [-0.2, -0.15) is 9.57 Å². The van der Waals surface area contributed by atoms with Crippen molar-refractivity contribution in [3.8, 4) is 11.8 Å². The molecule has 2 aromatic rings. The van der Waals surface area contributed by atoms with Gasteiger partial charge in [-0.25, -0.2) is 12.8 Å². The first-order chi connectivity index (χ1) is 15.3. The van der Waals surface area contributed by atoms with Crippen LogP contribution in [-0.4, -0.2) is 38.8 Å². The molecular weight excluding hydrogens is 433 g/mol. The van der Waals surface area contributed by atoms with Crippen LogP contribution in [0.2, 0.25) is 0 Å². The molecule has 0 bridgehead atoms. The van der Waals surface area contributed by atoms with E-state index in [-0.39, 0.29) is 41.0 Å². The summed E-state index contributed by atoms with van der Waals surface area (Å²) in [4.78, 5) is 12.5. The van der Waals surface area contributed by atoms with E-state index in [1.807, 2.05) is 12.1 Å². The number of hydrogen-bond acceptors (Lipinski definition) is 5. The van der Waals surface area contributed by atoms with Crippen LogP contribution in [0.25, 0.3) is 0 Å². The largest absolute Gasteiger partial charge is 0.495 e. The van der Waals surface area contributed by atoms with E-state index in [2.05, 4.69) is 11.4 Å². The third-order valence-corrected chi connectivity index (χ3v) is 8.16. The topological polar surface area (TPSA) is 99.5 Å². The number of piperidine rings is 1. The van der Waals surface area contributed by atoms with E-state index in [1.165, 1.54) is 17.5 Å². The summed E-state index contributed by atoms with van der Waals surface area (Å²) in [5.41, 5.74) is 1.24. The molecule has 2 aliphatic rings. The molecule has 0 atom stereocenters. The van der Waals surface area contributed by atoms with Gasteiger partial charge in [0.05, 0.1) is 18.6 Å². The molecule has 2 fully saturated rings. The van der Waals surface area contributed by atoms with Crippen LogP contribution >= 0.6 is 0 Å². The molecular formula is C23H24FN3O4S. The van der Waals surface area contributed by atoms with E-state index in [4.69, 9.17) is 4.74 Å². The zero-order chi connectivity index (χ0) is 22.9. The second kappa shape index (κ2) is 8.52. The highest BCUT2D eigenvalue weighted by Gasteiger charge is 2.44. The number of ether oxygens (including phenoxy) is 1. The first-order valence-corrected chi connectivity index (χ1v) is 11.9. The quantitative estimate of drug-likeness (QED) is 0.717. The van der Waals surface area contributed by atoms with Gasteiger partial charge in [0, 0.05) is 24.7 Å². The van der Waals surface area contributed by atoms with Crippen molar-refractivity contribution in [3.05, 3.63) is 53.8 Å². The van der Waals surface area contributed by atoms with Crippen molar-refractivity contribution in [1.29, 1.82) is 5.26 Å². The molecule has 4 rings (SSSR count). The van der Waals surface area contributed by atoms with E-state index in [9.17, 15) is 22.9 Å². The molecule has 0 spiro atoms. The van der Waals surface area contributed by atoms with E-state index < -0.39 is 15.8 Å². The van der Waals surface area contributed by atoms with Crippen molar-refractivity contribution >= 4 is 21.6 Å². The third-order valence-electron chi connectivity index (χ3n) is 6.24. The smallest absolute Gasteiger partial charge is 0.246 e. The van der Waals surface area contributed by atoms with Crippen LogP contribution < -0.4 is 10.1 Å². The summed E-state index contributed by atoms with van der Waals surface area (Å²) >= 11 is 0. The summed E-state index contributed by atoms with van der Waals surface area (Å²) in [5.74, 6) is -1.07. The number of amides is 1. The number of sulfonamides is 1. The van der Waals surface area contributed by atoms with Gasteiger partial charge in [-0.1, -0.05) is 12.1 Å². The van der Waals surface area contributed by atoms with Crippen LogP contribution in [-0.2, 0) is 20.2 Å². The molecule has 1 N–H and O–H groups in total. The average molecular weight is 458 g/mol. The third kappa shape index (κ3) is 4.20. The van der Waals surface area contributed by atoms with Crippen LogP contribution in [0.1, 0.15) is 31.2 Å². The molecule has 2 aromatic carbocycles. The fraction of sp³-hybridized carbons (Fsp3) is 0.391. The maximum Gasteiger partial charge on any atom is 0.246 e. The normalized spacial score (nSPS) is 18.5. The fourth-order valence-electron chi connectivity index (χ4n) is 4.06. The Morgan fingerprint density at radius 3 is 2.41 bits per heavy atom. The number of anilines is 1. The molecule has 9 heteroatoms. The summed E-state index contributed by atoms with van der Waals surface area (Å²) in [6.07, 6.45) is 2.44. The second-order valence-electron chi connectivity index (χ2n) is 8.23. The van der Waals surface area contributed by atoms with Gasteiger partial charge < -0.3 is 10.1 Å². The van der Waals surface area contributed by atoms with E-state index in [0.29, 0.717) is 18.5 Å². The molecule has 1 saturated heterocycles. The van der Waals surface area contributed by atoms with Crippen molar-refractivity contribution in [2.24, 2.45) is 5.92 Å². The highest BCUT2D eigenvalue weighted by molar-refractivity contribution is 7.89. The summed E-state index contributed by atoms with van der Waals surface area (Å²) in [5, 5.41) is 12.2. The Balaban J connectivity index is 1.38. The van der Waals surface area contributed by atoms with Gasteiger partial charge in [-0.3, -0.25) is 4.79 Å². The van der Waals surface area contributed by atoms with Crippen LogP contribution in [0.4, 0.5) is 10.1 Å². The van der Waals surface area contributed by atoms with Crippen molar-refractivity contribution in [2.75, 3.05) is 25.5 Å². The van der Waals surface area contributed by atoms with Crippen molar-refractivity contribution in [1.82, 2.24) is 4.31 Å². The number of rotatable bonds is 6. The highest BCUT2D eigenvalue weighted by Crippen LogP contribution is 2.47. The van der Waals surface area contributed by atoms with Gasteiger partial charge in [-0.05, 0) is 61.6 Å². The van der Waals surface area contributed by atoms with Gasteiger partial charge in [-0.15, -0.1) is 0 Å². The first kappa shape index (κ1) is 22.2. The number of nitriles is 1. The predicted octanol–water partition coefficient (Wildman–Crippen LogP) is 3.43. The summed E-state index contributed by atoms with van der Waals surface area (Å²) < 4.78 is 46.0. The lowest BCUT2D eigenvalue weighted by Crippen LogP contribution is -2.41. The van der Waals surface area contributed by atoms with Crippen LogP contribution in [0.15, 0.2) is 47.4 Å². The molecule has 168 valence electrons. The van der Waals surface area contributed by atoms with Crippen molar-refractivity contribution in [2.45, 2.75) is 36.0 Å². The van der Waals surface area contributed by atoms with E-state index >= 15 is 0 Å². The minimum atomic E-state index is -3.94. The first-order valence-electron chi connectivity index (χ1n) is 10.5. The summed E-state index contributed by atoms with van der Waals surface area (Å²) in [7, 11) is -2.61. The van der Waals surface area contributed by atoms with Gasteiger partial charge in [0.25, 0.3) is 0 Å². The Labute approximate surface area is 186 Å². The second-order valence-corrected chi connectivity index (χ2v) is 10.1. The Morgan fingerprint density at radius 2 is 1.84 bits per heavy atom. The number of carbonyl (C=O) groups is 1. The molecule has 0 unspecified atom stereocenters.